The van der Waals surface area contributed by atoms with Gasteiger partial charge in [0, 0.05) is 5.56 Å². The summed E-state index contributed by atoms with van der Waals surface area (Å²) in [6.45, 7) is 0. The summed E-state index contributed by atoms with van der Waals surface area (Å²) < 4.78 is 4.64. The van der Waals surface area contributed by atoms with Gasteiger partial charge in [-0.1, -0.05) is 36.4 Å². The zero-order valence-corrected chi connectivity index (χ0v) is 11.1. The summed E-state index contributed by atoms with van der Waals surface area (Å²) in [6.07, 6.45) is 0. The predicted octanol–water partition coefficient (Wildman–Crippen LogP) is 2.92. The normalized spacial score (nSPS) is 9.71. The lowest BCUT2D eigenvalue weighted by molar-refractivity contribution is -0.385. The fraction of sp³-hybridized carbons (Fsp3) is 0.0667. The first-order valence-electron chi connectivity index (χ1n) is 5.95. The fourth-order valence-electron chi connectivity index (χ4n) is 2.04. The van der Waals surface area contributed by atoms with E-state index in [1.807, 2.05) is 0 Å². The second-order valence-corrected chi connectivity index (χ2v) is 4.11. The van der Waals surface area contributed by atoms with Crippen LogP contribution in [0.25, 0.3) is 11.1 Å². The zero-order chi connectivity index (χ0) is 15.4. The van der Waals surface area contributed by atoms with E-state index >= 15 is 0 Å². The molecule has 2 aromatic carbocycles. The van der Waals surface area contributed by atoms with Crippen molar-refractivity contribution in [2.75, 3.05) is 7.11 Å². The second kappa shape index (κ2) is 5.84. The first kappa shape index (κ1) is 14.2. The molecule has 0 unspecified atom stereocenters. The molecule has 0 aromatic heterocycles. The maximum absolute atomic E-state index is 12.0. The molecular formula is C15H10N2O4. The summed E-state index contributed by atoms with van der Waals surface area (Å²) in [5.74, 6) is -0.849. The Bertz CT molecular complexity index is 748. The number of benzene rings is 2. The van der Waals surface area contributed by atoms with Crippen molar-refractivity contribution in [2.45, 2.75) is 0 Å². The van der Waals surface area contributed by atoms with Crippen LogP contribution in [0.3, 0.4) is 0 Å². The van der Waals surface area contributed by atoms with E-state index in [0.29, 0.717) is 11.1 Å². The largest absolute Gasteiger partial charge is 0.465 e. The number of nitriles is 1. The number of rotatable bonds is 3. The number of carbonyl (C=O) groups is 1. The molecule has 0 bridgehead atoms. The van der Waals surface area contributed by atoms with Gasteiger partial charge in [0.25, 0.3) is 0 Å². The molecule has 0 saturated heterocycles. The molecule has 2 rings (SSSR count). The van der Waals surface area contributed by atoms with Crippen molar-refractivity contribution in [1.82, 2.24) is 0 Å². The Morgan fingerprint density at radius 3 is 2.43 bits per heavy atom. The Balaban J connectivity index is 2.84. The highest BCUT2D eigenvalue weighted by atomic mass is 16.6. The summed E-state index contributed by atoms with van der Waals surface area (Å²) in [7, 11) is 1.14. The Morgan fingerprint density at radius 2 is 1.90 bits per heavy atom. The first-order chi connectivity index (χ1) is 10.1. The van der Waals surface area contributed by atoms with Crippen LogP contribution in [0.5, 0.6) is 0 Å². The molecule has 6 heteroatoms. The van der Waals surface area contributed by atoms with Crippen molar-refractivity contribution in [3.05, 3.63) is 63.7 Å². The monoisotopic (exact) mass is 282 g/mol. The molecule has 21 heavy (non-hydrogen) atoms. The number of methoxy groups -OCH3 is 1. The third-order valence-electron chi connectivity index (χ3n) is 2.96. The van der Waals surface area contributed by atoms with E-state index in [1.165, 1.54) is 12.1 Å². The molecular weight excluding hydrogens is 272 g/mol. The number of nitrogens with zero attached hydrogens (tertiary/aromatic N) is 2. The highest BCUT2D eigenvalue weighted by Crippen LogP contribution is 2.33. The van der Waals surface area contributed by atoms with E-state index in [-0.39, 0.29) is 11.1 Å². The van der Waals surface area contributed by atoms with Gasteiger partial charge in [0.1, 0.15) is 17.2 Å². The van der Waals surface area contributed by atoms with Crippen LogP contribution in [-0.2, 0) is 4.74 Å². The molecule has 0 amide bonds. The topological polar surface area (TPSA) is 93.2 Å². The van der Waals surface area contributed by atoms with Crippen LogP contribution < -0.4 is 0 Å². The number of nitro benzene ring substituents is 1. The minimum absolute atomic E-state index is 0.180. The van der Waals surface area contributed by atoms with Gasteiger partial charge in [0.2, 0.25) is 0 Å². The highest BCUT2D eigenvalue weighted by molar-refractivity contribution is 6.02. The summed E-state index contributed by atoms with van der Waals surface area (Å²) in [6, 6.07) is 13.3. The molecule has 0 fully saturated rings. The Labute approximate surface area is 120 Å². The van der Waals surface area contributed by atoms with Crippen LogP contribution in [0.2, 0.25) is 0 Å². The van der Waals surface area contributed by atoms with Crippen LogP contribution in [0.4, 0.5) is 5.69 Å². The molecule has 0 N–H and O–H groups in total. The lowest BCUT2D eigenvalue weighted by Gasteiger charge is -2.09. The van der Waals surface area contributed by atoms with Crippen LogP contribution >= 0.6 is 0 Å². The van der Waals surface area contributed by atoms with E-state index in [4.69, 9.17) is 5.26 Å². The van der Waals surface area contributed by atoms with E-state index < -0.39 is 16.6 Å². The Hall–Kier alpha value is -3.20. The first-order valence-corrected chi connectivity index (χ1v) is 5.95. The molecule has 104 valence electrons. The van der Waals surface area contributed by atoms with Crippen LogP contribution in [0.1, 0.15) is 15.9 Å². The van der Waals surface area contributed by atoms with Gasteiger partial charge in [-0.3, -0.25) is 10.1 Å². The molecule has 0 saturated carbocycles. The van der Waals surface area contributed by atoms with E-state index in [0.717, 1.165) is 7.11 Å². The molecule has 0 heterocycles. The average Bonchev–Trinajstić information content (AvgIpc) is 2.53. The van der Waals surface area contributed by atoms with Gasteiger partial charge in [-0.25, -0.2) is 4.79 Å². The van der Waals surface area contributed by atoms with Gasteiger partial charge < -0.3 is 4.74 Å². The predicted molar refractivity (Wildman–Crippen MR) is 74.6 cm³/mol. The maximum atomic E-state index is 12.0. The molecule has 2 aromatic rings. The number of ether oxygens (including phenoxy) is 1. The molecule has 0 aliphatic rings. The van der Waals surface area contributed by atoms with Gasteiger partial charge >= 0.3 is 11.7 Å². The lowest BCUT2D eigenvalue weighted by Crippen LogP contribution is -2.09. The minimum atomic E-state index is -0.849. The van der Waals surface area contributed by atoms with E-state index in [1.54, 1.807) is 36.4 Å². The minimum Gasteiger partial charge on any atom is -0.465 e. The molecule has 0 aliphatic heterocycles. The lowest BCUT2D eigenvalue weighted by atomic mass is 9.95. The number of carbonyl (C=O) groups excluding carboxylic acids is 1. The van der Waals surface area contributed by atoms with Crippen molar-refractivity contribution >= 4 is 11.7 Å². The summed E-state index contributed by atoms with van der Waals surface area (Å²) in [5.41, 5.74) is 0.0529. The Morgan fingerprint density at radius 1 is 1.24 bits per heavy atom. The van der Waals surface area contributed by atoms with Gasteiger partial charge in [-0.05, 0) is 11.6 Å². The quantitative estimate of drug-likeness (QED) is 0.490. The van der Waals surface area contributed by atoms with Crippen molar-refractivity contribution in [2.24, 2.45) is 0 Å². The van der Waals surface area contributed by atoms with Crippen molar-refractivity contribution in [3.8, 4) is 17.2 Å². The van der Waals surface area contributed by atoms with Gasteiger partial charge in [-0.2, -0.15) is 5.26 Å². The third kappa shape index (κ3) is 2.58. The smallest absolute Gasteiger partial charge is 0.345 e. The van der Waals surface area contributed by atoms with Crippen molar-refractivity contribution < 1.29 is 14.5 Å². The highest BCUT2D eigenvalue weighted by Gasteiger charge is 2.29. The van der Waals surface area contributed by atoms with Crippen LogP contribution in [-0.4, -0.2) is 18.0 Å². The summed E-state index contributed by atoms with van der Waals surface area (Å²) >= 11 is 0. The van der Waals surface area contributed by atoms with Crippen LogP contribution in [0, 0.1) is 21.4 Å². The van der Waals surface area contributed by atoms with Gasteiger partial charge in [0.15, 0.2) is 0 Å². The molecule has 6 nitrogen and oxygen atoms in total. The SMILES string of the molecule is COC(=O)c1c(-c2ccccc2)ccc(C#N)c1[N+](=O)[O-]. The van der Waals surface area contributed by atoms with Crippen LogP contribution in [0.15, 0.2) is 42.5 Å². The molecule has 0 radical (unpaired) electrons. The number of hydrogen-bond acceptors (Lipinski definition) is 5. The van der Waals surface area contributed by atoms with E-state index in [9.17, 15) is 14.9 Å². The number of esters is 1. The van der Waals surface area contributed by atoms with Crippen molar-refractivity contribution in [1.29, 1.82) is 5.26 Å². The number of nitro groups is 1. The van der Waals surface area contributed by atoms with Gasteiger partial charge in [0.05, 0.1) is 12.0 Å². The molecule has 0 aliphatic carbocycles. The van der Waals surface area contributed by atoms with Gasteiger partial charge in [-0.15, -0.1) is 0 Å². The number of hydrogen-bond donors (Lipinski definition) is 0. The average molecular weight is 282 g/mol. The Kier molecular flexibility index (Phi) is 3.95. The fourth-order valence-corrected chi connectivity index (χ4v) is 2.04. The zero-order valence-electron chi connectivity index (χ0n) is 11.1. The maximum Gasteiger partial charge on any atom is 0.345 e. The van der Waals surface area contributed by atoms with Crippen molar-refractivity contribution in [3.63, 3.8) is 0 Å². The third-order valence-corrected chi connectivity index (χ3v) is 2.96. The standard InChI is InChI=1S/C15H10N2O4/c1-21-15(18)13-12(10-5-3-2-4-6-10)8-7-11(9-16)14(13)17(19)20/h2-8H,1H3. The second-order valence-electron chi connectivity index (χ2n) is 4.11. The summed E-state index contributed by atoms with van der Waals surface area (Å²) in [4.78, 5) is 22.5. The molecule has 0 spiro atoms. The van der Waals surface area contributed by atoms with E-state index in [2.05, 4.69) is 4.74 Å². The summed E-state index contributed by atoms with van der Waals surface area (Å²) in [5, 5.41) is 20.3. The molecule has 0 atom stereocenters.